The first-order valence-electron chi connectivity index (χ1n) is 7.70. The predicted molar refractivity (Wildman–Crippen MR) is 82.8 cm³/mol. The summed E-state index contributed by atoms with van der Waals surface area (Å²) >= 11 is 0. The number of hydrogen-bond acceptors (Lipinski definition) is 2. The lowest BCUT2D eigenvalue weighted by atomic mass is 9.87. The molecule has 0 aliphatic carbocycles. The van der Waals surface area contributed by atoms with Gasteiger partial charge in [-0.25, -0.2) is 0 Å². The summed E-state index contributed by atoms with van der Waals surface area (Å²) in [5.74, 6) is -0.0315. The standard InChI is InChI=1S/C17H24N2O2/c1-3-11-18-16(21)17(10-7-12-19(17)14(2)20)13-15-8-5-4-6-9-15/h4-6,8-9H,3,7,10-13H2,1-2H3,(H,18,21). The molecule has 4 nitrogen and oxygen atoms in total. The third kappa shape index (κ3) is 3.26. The summed E-state index contributed by atoms with van der Waals surface area (Å²) in [6.07, 6.45) is 3.10. The Morgan fingerprint density at radius 2 is 2.00 bits per heavy atom. The second kappa shape index (κ2) is 6.74. The summed E-state index contributed by atoms with van der Waals surface area (Å²) in [5.41, 5.74) is 0.375. The van der Waals surface area contributed by atoms with Gasteiger partial charge in [-0.05, 0) is 24.8 Å². The molecule has 1 N–H and O–H groups in total. The minimum Gasteiger partial charge on any atom is -0.354 e. The van der Waals surface area contributed by atoms with Gasteiger partial charge in [0.2, 0.25) is 11.8 Å². The Morgan fingerprint density at radius 1 is 1.29 bits per heavy atom. The van der Waals surface area contributed by atoms with Gasteiger partial charge >= 0.3 is 0 Å². The van der Waals surface area contributed by atoms with Gasteiger partial charge in [0.25, 0.3) is 0 Å². The minimum absolute atomic E-state index is 0.0131. The zero-order chi connectivity index (χ0) is 15.3. The molecule has 1 aliphatic heterocycles. The average molecular weight is 288 g/mol. The van der Waals surface area contributed by atoms with E-state index < -0.39 is 5.54 Å². The van der Waals surface area contributed by atoms with Crippen molar-refractivity contribution in [3.05, 3.63) is 35.9 Å². The van der Waals surface area contributed by atoms with E-state index in [0.29, 0.717) is 19.5 Å². The normalized spacial score (nSPS) is 21.3. The van der Waals surface area contributed by atoms with Crippen molar-refractivity contribution < 1.29 is 9.59 Å². The molecule has 0 saturated carbocycles. The first-order valence-corrected chi connectivity index (χ1v) is 7.70. The summed E-state index contributed by atoms with van der Waals surface area (Å²) in [6, 6.07) is 9.95. The van der Waals surface area contributed by atoms with E-state index in [4.69, 9.17) is 0 Å². The van der Waals surface area contributed by atoms with Crippen LogP contribution in [-0.2, 0) is 16.0 Å². The Hall–Kier alpha value is -1.84. The SMILES string of the molecule is CCCNC(=O)C1(Cc2ccccc2)CCCN1C(C)=O. The van der Waals surface area contributed by atoms with E-state index in [-0.39, 0.29) is 11.8 Å². The molecule has 0 bridgehead atoms. The zero-order valence-corrected chi connectivity index (χ0v) is 12.9. The highest BCUT2D eigenvalue weighted by atomic mass is 16.2. The quantitative estimate of drug-likeness (QED) is 0.902. The third-order valence-electron chi connectivity index (χ3n) is 4.17. The Kier molecular flexibility index (Phi) is 4.99. The Labute approximate surface area is 126 Å². The molecule has 1 aromatic rings. The fourth-order valence-corrected chi connectivity index (χ4v) is 3.17. The molecule has 0 radical (unpaired) electrons. The summed E-state index contributed by atoms with van der Waals surface area (Å²) < 4.78 is 0. The van der Waals surface area contributed by atoms with Crippen LogP contribution in [0.3, 0.4) is 0 Å². The maximum atomic E-state index is 12.7. The highest BCUT2D eigenvalue weighted by Gasteiger charge is 2.48. The number of amides is 2. The lowest BCUT2D eigenvalue weighted by Crippen LogP contribution is -2.58. The number of rotatable bonds is 5. The van der Waals surface area contributed by atoms with Gasteiger partial charge in [0.1, 0.15) is 5.54 Å². The van der Waals surface area contributed by atoms with Crippen LogP contribution >= 0.6 is 0 Å². The molecule has 1 aliphatic rings. The van der Waals surface area contributed by atoms with Crippen molar-refractivity contribution in [2.45, 2.75) is 45.1 Å². The number of benzene rings is 1. The lowest BCUT2D eigenvalue weighted by Gasteiger charge is -2.37. The number of hydrogen-bond donors (Lipinski definition) is 1. The first-order chi connectivity index (χ1) is 10.1. The molecular weight excluding hydrogens is 264 g/mol. The Bertz CT molecular complexity index is 501. The number of carbonyl (C=O) groups is 2. The van der Waals surface area contributed by atoms with E-state index in [9.17, 15) is 9.59 Å². The molecule has 21 heavy (non-hydrogen) atoms. The van der Waals surface area contributed by atoms with Crippen LogP contribution in [0, 0.1) is 0 Å². The van der Waals surface area contributed by atoms with Crippen molar-refractivity contribution in [1.82, 2.24) is 10.2 Å². The molecule has 114 valence electrons. The second-order valence-electron chi connectivity index (χ2n) is 5.72. The van der Waals surface area contributed by atoms with Gasteiger partial charge in [0.05, 0.1) is 0 Å². The van der Waals surface area contributed by atoms with Crippen molar-refractivity contribution in [1.29, 1.82) is 0 Å². The van der Waals surface area contributed by atoms with Gasteiger partial charge in [-0.1, -0.05) is 37.3 Å². The van der Waals surface area contributed by atoms with Gasteiger partial charge in [0.15, 0.2) is 0 Å². The second-order valence-corrected chi connectivity index (χ2v) is 5.72. The van der Waals surface area contributed by atoms with E-state index >= 15 is 0 Å². The summed E-state index contributed by atoms with van der Waals surface area (Å²) in [4.78, 5) is 26.5. The molecular formula is C17H24N2O2. The molecule has 1 fully saturated rings. The van der Waals surface area contributed by atoms with Gasteiger partial charge in [0, 0.05) is 26.4 Å². The molecule has 0 aromatic heterocycles. The highest BCUT2D eigenvalue weighted by Crippen LogP contribution is 2.33. The molecule has 1 aromatic carbocycles. The summed E-state index contributed by atoms with van der Waals surface area (Å²) in [6.45, 7) is 4.91. The number of likely N-dealkylation sites (tertiary alicyclic amines) is 1. The fraction of sp³-hybridized carbons (Fsp3) is 0.529. The Morgan fingerprint density at radius 3 is 2.62 bits per heavy atom. The van der Waals surface area contributed by atoms with E-state index in [1.807, 2.05) is 37.3 Å². The monoisotopic (exact) mass is 288 g/mol. The van der Waals surface area contributed by atoms with Crippen molar-refractivity contribution in [2.75, 3.05) is 13.1 Å². The van der Waals surface area contributed by atoms with Crippen LogP contribution in [0.15, 0.2) is 30.3 Å². The van der Waals surface area contributed by atoms with Crippen LogP contribution < -0.4 is 5.32 Å². The zero-order valence-electron chi connectivity index (χ0n) is 12.9. The molecule has 1 heterocycles. The van der Waals surface area contributed by atoms with Crippen molar-refractivity contribution >= 4 is 11.8 Å². The number of nitrogens with one attached hydrogen (secondary N) is 1. The Balaban J connectivity index is 2.29. The molecule has 4 heteroatoms. The molecule has 1 unspecified atom stereocenters. The molecule has 1 atom stereocenters. The number of carbonyl (C=O) groups excluding carboxylic acids is 2. The maximum Gasteiger partial charge on any atom is 0.246 e. The molecule has 2 amide bonds. The van der Waals surface area contributed by atoms with E-state index in [1.54, 1.807) is 11.8 Å². The highest BCUT2D eigenvalue weighted by molar-refractivity contribution is 5.91. The van der Waals surface area contributed by atoms with Crippen LogP contribution in [0.25, 0.3) is 0 Å². The maximum absolute atomic E-state index is 12.7. The molecule has 1 saturated heterocycles. The number of nitrogens with zero attached hydrogens (tertiary/aromatic N) is 1. The fourth-order valence-electron chi connectivity index (χ4n) is 3.17. The van der Waals surface area contributed by atoms with E-state index in [2.05, 4.69) is 5.32 Å². The van der Waals surface area contributed by atoms with Crippen molar-refractivity contribution in [2.24, 2.45) is 0 Å². The van der Waals surface area contributed by atoms with Crippen molar-refractivity contribution in [3.8, 4) is 0 Å². The minimum atomic E-state index is -0.720. The van der Waals surface area contributed by atoms with Gasteiger partial charge in [-0.2, -0.15) is 0 Å². The first kappa shape index (κ1) is 15.5. The van der Waals surface area contributed by atoms with Crippen molar-refractivity contribution in [3.63, 3.8) is 0 Å². The van der Waals surface area contributed by atoms with Gasteiger partial charge in [-0.3, -0.25) is 9.59 Å². The van der Waals surface area contributed by atoms with Crippen LogP contribution in [0.1, 0.15) is 38.7 Å². The largest absolute Gasteiger partial charge is 0.354 e. The van der Waals surface area contributed by atoms with Crippen LogP contribution in [0.4, 0.5) is 0 Å². The molecule has 0 spiro atoms. The smallest absolute Gasteiger partial charge is 0.246 e. The van der Waals surface area contributed by atoms with Crippen LogP contribution in [-0.4, -0.2) is 35.3 Å². The van der Waals surface area contributed by atoms with Crippen LogP contribution in [0.5, 0.6) is 0 Å². The lowest BCUT2D eigenvalue weighted by molar-refractivity contribution is -0.143. The predicted octanol–water partition coefficient (Wildman–Crippen LogP) is 2.14. The summed E-state index contributed by atoms with van der Waals surface area (Å²) in [7, 11) is 0. The van der Waals surface area contributed by atoms with E-state index in [0.717, 1.165) is 24.8 Å². The van der Waals surface area contributed by atoms with Crippen LogP contribution in [0.2, 0.25) is 0 Å². The summed E-state index contributed by atoms with van der Waals surface area (Å²) in [5, 5.41) is 2.99. The third-order valence-corrected chi connectivity index (χ3v) is 4.17. The topological polar surface area (TPSA) is 49.4 Å². The average Bonchev–Trinajstić information content (AvgIpc) is 2.91. The molecule has 2 rings (SSSR count). The van der Waals surface area contributed by atoms with Gasteiger partial charge in [-0.15, -0.1) is 0 Å². The van der Waals surface area contributed by atoms with E-state index in [1.165, 1.54) is 0 Å². The van der Waals surface area contributed by atoms with Gasteiger partial charge < -0.3 is 10.2 Å².